The van der Waals surface area contributed by atoms with Gasteiger partial charge in [-0.05, 0) is 64.7 Å². The molecule has 0 bridgehead atoms. The van der Waals surface area contributed by atoms with Crippen LogP contribution in [-0.2, 0) is 28.7 Å². The van der Waals surface area contributed by atoms with E-state index < -0.39 is 29.3 Å². The molecule has 0 aromatic carbocycles. The molecule has 0 saturated heterocycles. The molecule has 2 N–H and O–H groups in total. The minimum Gasteiger partial charge on any atom is -0.480 e. The van der Waals surface area contributed by atoms with E-state index in [1.54, 1.807) is 0 Å². The number of rotatable bonds is 8. The van der Waals surface area contributed by atoms with Crippen molar-refractivity contribution >= 4 is 23.9 Å². The van der Waals surface area contributed by atoms with Crippen LogP contribution in [0.3, 0.4) is 0 Å². The normalized spacial score (nSPS) is 17.8. The molecule has 2 fully saturated rings. The van der Waals surface area contributed by atoms with E-state index in [0.717, 1.165) is 58.3 Å². The maximum atomic E-state index is 11.6. The number of hydrogen-bond acceptors (Lipinski definition) is 6. The van der Waals surface area contributed by atoms with Crippen molar-refractivity contribution in [3.05, 3.63) is 24.8 Å². The second-order valence-electron chi connectivity index (χ2n) is 8.16. The summed E-state index contributed by atoms with van der Waals surface area (Å²) in [6.07, 6.45) is 14.3. The number of esters is 2. The van der Waals surface area contributed by atoms with E-state index >= 15 is 0 Å². The van der Waals surface area contributed by atoms with Gasteiger partial charge in [0.1, 0.15) is 12.2 Å². The topological polar surface area (TPSA) is 127 Å². The number of ether oxygens (including phenoxy) is 2. The molecule has 0 unspecified atom stereocenters. The summed E-state index contributed by atoms with van der Waals surface area (Å²) in [5, 5.41) is 17.0. The van der Waals surface area contributed by atoms with Crippen LogP contribution < -0.4 is 0 Å². The number of carboxylic acid groups (broad SMARTS) is 2. The van der Waals surface area contributed by atoms with Crippen LogP contribution >= 0.6 is 0 Å². The molecule has 0 amide bonds. The van der Waals surface area contributed by atoms with Crippen LogP contribution in [0.1, 0.15) is 77.6 Å². The highest BCUT2D eigenvalue weighted by molar-refractivity contribution is 5.97. The Hall–Kier alpha value is -2.64. The van der Waals surface area contributed by atoms with Gasteiger partial charge in [-0.2, -0.15) is 0 Å². The Morgan fingerprint density at radius 3 is 1.42 bits per heavy atom. The Bertz CT molecular complexity index is 606. The summed E-state index contributed by atoms with van der Waals surface area (Å²) >= 11 is 0. The molecule has 0 aliphatic heterocycles. The maximum absolute atomic E-state index is 11.6. The summed E-state index contributed by atoms with van der Waals surface area (Å²) in [7, 11) is 0. The molecular formula is C23H34O8. The van der Waals surface area contributed by atoms with Crippen LogP contribution in [0.2, 0.25) is 0 Å². The molecule has 0 radical (unpaired) electrons. The molecule has 2 rings (SSSR count). The Morgan fingerprint density at radius 1 is 0.806 bits per heavy atom. The van der Waals surface area contributed by atoms with Crippen molar-refractivity contribution < 1.29 is 38.9 Å². The van der Waals surface area contributed by atoms with Crippen LogP contribution in [-0.4, -0.2) is 46.3 Å². The van der Waals surface area contributed by atoms with Crippen LogP contribution in [0.4, 0.5) is 0 Å². The molecule has 0 aromatic rings. The van der Waals surface area contributed by atoms with Gasteiger partial charge in [0.25, 0.3) is 0 Å². The summed E-state index contributed by atoms with van der Waals surface area (Å²) in [5.41, 5.74) is -1.73. The van der Waals surface area contributed by atoms with Crippen molar-refractivity contribution in [1.82, 2.24) is 0 Å². The summed E-state index contributed by atoms with van der Waals surface area (Å²) in [6, 6.07) is 0. The Labute approximate surface area is 183 Å². The minimum atomic E-state index is -1.73. The molecule has 0 aromatic heterocycles. The highest BCUT2D eigenvalue weighted by Gasteiger charge is 2.40. The third kappa shape index (κ3) is 9.81. The lowest BCUT2D eigenvalue weighted by Gasteiger charge is -2.21. The molecule has 8 heteroatoms. The predicted octanol–water partition coefficient (Wildman–Crippen LogP) is 4.03. The summed E-state index contributed by atoms with van der Waals surface area (Å²) < 4.78 is 10.6. The second-order valence-corrected chi connectivity index (χ2v) is 8.16. The Morgan fingerprint density at radius 2 is 1.16 bits per heavy atom. The monoisotopic (exact) mass is 438 g/mol. The number of aliphatic carboxylic acids is 2. The van der Waals surface area contributed by atoms with Gasteiger partial charge in [0.05, 0.1) is 0 Å². The molecule has 31 heavy (non-hydrogen) atoms. The van der Waals surface area contributed by atoms with Gasteiger partial charge in [0.15, 0.2) is 5.41 Å². The summed E-state index contributed by atoms with van der Waals surface area (Å²) in [5.74, 6) is -3.55. The van der Waals surface area contributed by atoms with Crippen molar-refractivity contribution in [2.45, 2.75) is 89.8 Å². The van der Waals surface area contributed by atoms with Crippen molar-refractivity contribution in [2.75, 3.05) is 0 Å². The SMILES string of the molecule is C=CCC(C)(C(=O)O)C(=O)O.O=C(/C=C\C(=O)OC1CCCCC1)OC1CCCCC1. The summed E-state index contributed by atoms with van der Waals surface area (Å²) in [4.78, 5) is 44.0. The number of carbonyl (C=O) groups is 4. The van der Waals surface area contributed by atoms with Crippen molar-refractivity contribution in [2.24, 2.45) is 5.41 Å². The molecule has 2 aliphatic carbocycles. The first-order valence-corrected chi connectivity index (χ1v) is 10.9. The Kier molecular flexibility index (Phi) is 11.6. The first-order chi connectivity index (χ1) is 14.7. The average molecular weight is 439 g/mol. The van der Waals surface area contributed by atoms with Crippen LogP contribution in [0, 0.1) is 5.41 Å². The van der Waals surface area contributed by atoms with Gasteiger partial charge in [-0.15, -0.1) is 6.58 Å². The van der Waals surface area contributed by atoms with Crippen LogP contribution in [0.5, 0.6) is 0 Å². The van der Waals surface area contributed by atoms with E-state index in [2.05, 4.69) is 6.58 Å². The first-order valence-electron chi connectivity index (χ1n) is 10.9. The predicted molar refractivity (Wildman–Crippen MR) is 113 cm³/mol. The van der Waals surface area contributed by atoms with E-state index in [9.17, 15) is 19.2 Å². The number of carbonyl (C=O) groups excluding carboxylic acids is 2. The Balaban J connectivity index is 0.000000373. The van der Waals surface area contributed by atoms with Gasteiger partial charge < -0.3 is 19.7 Å². The number of allylic oxidation sites excluding steroid dienone is 1. The van der Waals surface area contributed by atoms with Crippen molar-refractivity contribution in [3.63, 3.8) is 0 Å². The zero-order valence-corrected chi connectivity index (χ0v) is 18.2. The standard InChI is InChI=1S/C16H24O4.C7H10O4/c17-15(19-13-7-3-1-4-8-13)11-12-16(18)20-14-9-5-2-6-10-14;1-3-4-7(2,5(8)9)6(10)11/h11-14H,1-10H2;3H,1,4H2,2H3,(H,8,9)(H,10,11)/b12-11-;. The average Bonchev–Trinajstić information content (AvgIpc) is 2.74. The molecule has 0 atom stereocenters. The van der Waals surface area contributed by atoms with Crippen LogP contribution in [0.25, 0.3) is 0 Å². The second kappa shape index (κ2) is 13.6. The molecule has 2 saturated carbocycles. The van der Waals surface area contributed by atoms with Gasteiger partial charge in [-0.25, -0.2) is 9.59 Å². The smallest absolute Gasteiger partial charge is 0.331 e. The van der Waals surface area contributed by atoms with E-state index in [1.165, 1.54) is 31.1 Å². The molecule has 8 nitrogen and oxygen atoms in total. The van der Waals surface area contributed by atoms with Crippen LogP contribution in [0.15, 0.2) is 24.8 Å². The number of carboxylic acids is 2. The third-order valence-electron chi connectivity index (χ3n) is 5.52. The first kappa shape index (κ1) is 26.4. The van der Waals surface area contributed by atoms with Gasteiger partial charge >= 0.3 is 23.9 Å². The summed E-state index contributed by atoms with van der Waals surface area (Å²) in [6.45, 7) is 4.44. The zero-order valence-electron chi connectivity index (χ0n) is 18.2. The van der Waals surface area contributed by atoms with E-state index in [4.69, 9.17) is 19.7 Å². The molecule has 174 valence electrons. The fourth-order valence-electron chi connectivity index (χ4n) is 3.46. The van der Waals surface area contributed by atoms with Crippen molar-refractivity contribution in [1.29, 1.82) is 0 Å². The highest BCUT2D eigenvalue weighted by Crippen LogP contribution is 2.22. The fraction of sp³-hybridized carbons (Fsp3) is 0.652. The largest absolute Gasteiger partial charge is 0.480 e. The maximum Gasteiger partial charge on any atom is 0.331 e. The molecular weight excluding hydrogens is 404 g/mol. The fourth-order valence-corrected chi connectivity index (χ4v) is 3.46. The lowest BCUT2D eigenvalue weighted by Crippen LogP contribution is -2.35. The van der Waals surface area contributed by atoms with Gasteiger partial charge in [0, 0.05) is 12.2 Å². The van der Waals surface area contributed by atoms with Gasteiger partial charge in [0.2, 0.25) is 0 Å². The zero-order chi connectivity index (χ0) is 23.3. The van der Waals surface area contributed by atoms with E-state index in [1.807, 2.05) is 0 Å². The third-order valence-corrected chi connectivity index (χ3v) is 5.52. The lowest BCUT2D eigenvalue weighted by atomic mass is 9.87. The van der Waals surface area contributed by atoms with Gasteiger partial charge in [-0.1, -0.05) is 18.9 Å². The molecule has 0 spiro atoms. The number of hydrogen-bond donors (Lipinski definition) is 2. The highest BCUT2D eigenvalue weighted by atomic mass is 16.5. The van der Waals surface area contributed by atoms with E-state index in [-0.39, 0.29) is 18.6 Å². The quantitative estimate of drug-likeness (QED) is 0.252. The lowest BCUT2D eigenvalue weighted by molar-refractivity contribution is -0.163. The van der Waals surface area contributed by atoms with Crippen molar-refractivity contribution in [3.8, 4) is 0 Å². The van der Waals surface area contributed by atoms with E-state index in [0.29, 0.717) is 0 Å². The molecule has 0 heterocycles. The minimum absolute atomic E-state index is 0.0234. The molecule has 2 aliphatic rings. The van der Waals surface area contributed by atoms with Gasteiger partial charge in [-0.3, -0.25) is 9.59 Å².